The zero-order chi connectivity index (χ0) is 28.4. The van der Waals surface area contributed by atoms with Crippen LogP contribution >= 0.6 is 11.9 Å². The van der Waals surface area contributed by atoms with Crippen LogP contribution in [-0.4, -0.2) is 23.9 Å². The molecule has 0 fully saturated rings. The lowest BCUT2D eigenvalue weighted by Crippen LogP contribution is -2.26. The fraction of sp³-hybridized carbons (Fsp3) is 0.286. The van der Waals surface area contributed by atoms with E-state index >= 15 is 0 Å². The summed E-state index contributed by atoms with van der Waals surface area (Å²) in [6.45, 7) is 9.14. The molecule has 0 aliphatic carbocycles. The molecule has 1 atom stereocenters. The SMILES string of the molecule is CSN1c2c(C)c(CC(=O)O)c(-c3ccc(C)cc3)c(C)c2-c2c(OCCCc3ccccc3)cccc2[C@@H]1C. The van der Waals surface area contributed by atoms with Gasteiger partial charge in [-0.05, 0) is 85.5 Å². The first kappa shape index (κ1) is 27.9. The van der Waals surface area contributed by atoms with E-state index in [1.807, 2.05) is 6.07 Å². The van der Waals surface area contributed by atoms with Crippen LogP contribution in [0.2, 0.25) is 0 Å². The fourth-order valence-corrected chi connectivity index (χ4v) is 6.91. The van der Waals surface area contributed by atoms with Gasteiger partial charge in [0.25, 0.3) is 0 Å². The van der Waals surface area contributed by atoms with Gasteiger partial charge in [-0.25, -0.2) is 0 Å². The van der Waals surface area contributed by atoms with Gasteiger partial charge in [-0.3, -0.25) is 4.79 Å². The summed E-state index contributed by atoms with van der Waals surface area (Å²) in [6, 6.07) is 25.4. The Bertz CT molecular complexity index is 1530. The number of aryl methyl sites for hydroxylation is 2. The minimum atomic E-state index is -0.821. The Labute approximate surface area is 242 Å². The Morgan fingerprint density at radius 3 is 2.30 bits per heavy atom. The molecule has 0 radical (unpaired) electrons. The quantitative estimate of drug-likeness (QED) is 0.166. The fourth-order valence-electron chi connectivity index (χ4n) is 6.07. The highest BCUT2D eigenvalue weighted by molar-refractivity contribution is 8.00. The van der Waals surface area contributed by atoms with Crippen molar-refractivity contribution >= 4 is 23.6 Å². The average Bonchev–Trinajstić information content (AvgIpc) is 2.95. The van der Waals surface area contributed by atoms with Crippen molar-refractivity contribution in [2.24, 2.45) is 0 Å². The van der Waals surface area contributed by atoms with Gasteiger partial charge >= 0.3 is 5.97 Å². The Morgan fingerprint density at radius 2 is 1.62 bits per heavy atom. The maximum Gasteiger partial charge on any atom is 0.307 e. The smallest absolute Gasteiger partial charge is 0.307 e. The molecule has 1 heterocycles. The van der Waals surface area contributed by atoms with E-state index in [0.717, 1.165) is 63.2 Å². The van der Waals surface area contributed by atoms with E-state index in [1.54, 1.807) is 11.9 Å². The van der Waals surface area contributed by atoms with Crippen molar-refractivity contribution in [2.45, 2.75) is 53.0 Å². The van der Waals surface area contributed by atoms with Crippen molar-refractivity contribution < 1.29 is 14.6 Å². The van der Waals surface area contributed by atoms with Crippen molar-refractivity contribution in [1.29, 1.82) is 0 Å². The first-order valence-corrected chi connectivity index (χ1v) is 15.1. The van der Waals surface area contributed by atoms with Crippen LogP contribution in [0.3, 0.4) is 0 Å². The summed E-state index contributed by atoms with van der Waals surface area (Å²) >= 11 is 1.68. The van der Waals surface area contributed by atoms with E-state index < -0.39 is 5.97 Å². The molecule has 0 bridgehead atoms. The van der Waals surface area contributed by atoms with Gasteiger partial charge in [-0.15, -0.1) is 0 Å². The molecule has 40 heavy (non-hydrogen) atoms. The lowest BCUT2D eigenvalue weighted by molar-refractivity contribution is -0.136. The molecular weight excluding hydrogens is 514 g/mol. The monoisotopic (exact) mass is 551 g/mol. The molecule has 1 aliphatic rings. The first-order valence-electron chi connectivity index (χ1n) is 13.9. The van der Waals surface area contributed by atoms with Gasteiger partial charge < -0.3 is 14.1 Å². The van der Waals surface area contributed by atoms with Crippen LogP contribution in [0.4, 0.5) is 5.69 Å². The summed E-state index contributed by atoms with van der Waals surface area (Å²) in [7, 11) is 0. The lowest BCUT2D eigenvalue weighted by atomic mass is 9.79. The predicted octanol–water partition coefficient (Wildman–Crippen LogP) is 8.74. The number of hydrogen-bond acceptors (Lipinski definition) is 4. The lowest BCUT2D eigenvalue weighted by Gasteiger charge is -2.40. The standard InChI is InChI=1S/C35H37NO3S/c1-22-16-18-27(19-17-22)32-24(3)33-34-28(25(4)36(40-5)35(33)23(2)29(32)21-31(37)38)14-9-15-30(34)39-20-10-13-26-11-7-6-8-12-26/h6-9,11-12,14-19,25H,10,13,20-21H2,1-5H3,(H,37,38)/t25-/m0/s1. The van der Waals surface area contributed by atoms with Gasteiger partial charge in [0.15, 0.2) is 0 Å². The topological polar surface area (TPSA) is 49.8 Å². The molecule has 0 amide bonds. The molecule has 206 valence electrons. The molecule has 4 nitrogen and oxygen atoms in total. The highest BCUT2D eigenvalue weighted by Gasteiger charge is 2.35. The summed E-state index contributed by atoms with van der Waals surface area (Å²) in [4.78, 5) is 12.1. The van der Waals surface area contributed by atoms with Crippen LogP contribution in [0, 0.1) is 20.8 Å². The molecule has 0 saturated carbocycles. The maximum atomic E-state index is 12.1. The molecule has 0 aromatic heterocycles. The Balaban J connectivity index is 1.67. The summed E-state index contributed by atoms with van der Waals surface area (Å²) in [5, 5.41) is 9.94. The number of rotatable bonds is 9. The van der Waals surface area contributed by atoms with Gasteiger partial charge in [0.1, 0.15) is 5.75 Å². The third kappa shape index (κ3) is 5.23. The molecule has 1 aliphatic heterocycles. The molecule has 5 rings (SSSR count). The van der Waals surface area contributed by atoms with Crippen molar-refractivity contribution in [1.82, 2.24) is 0 Å². The molecule has 0 saturated heterocycles. The molecule has 1 N–H and O–H groups in total. The second-order valence-corrected chi connectivity index (χ2v) is 11.4. The minimum absolute atomic E-state index is 0.0236. The van der Waals surface area contributed by atoms with Crippen LogP contribution in [0.25, 0.3) is 22.3 Å². The van der Waals surface area contributed by atoms with Crippen LogP contribution in [0.15, 0.2) is 72.8 Å². The number of anilines is 1. The number of fused-ring (bicyclic) bond motifs is 3. The van der Waals surface area contributed by atoms with Gasteiger partial charge in [0.05, 0.1) is 24.8 Å². The molecule has 5 heteroatoms. The van der Waals surface area contributed by atoms with Crippen LogP contribution in [0.5, 0.6) is 5.75 Å². The van der Waals surface area contributed by atoms with Crippen molar-refractivity contribution in [3.05, 3.63) is 106 Å². The average molecular weight is 552 g/mol. The maximum absolute atomic E-state index is 12.1. The number of hydrogen-bond donors (Lipinski definition) is 1. The van der Waals surface area contributed by atoms with Crippen LogP contribution < -0.4 is 9.04 Å². The Morgan fingerprint density at radius 1 is 0.900 bits per heavy atom. The normalized spacial score (nSPS) is 14.0. The number of carbonyl (C=O) groups is 1. The first-order chi connectivity index (χ1) is 19.3. The summed E-state index contributed by atoms with van der Waals surface area (Å²) < 4.78 is 8.87. The second kappa shape index (κ2) is 11.8. The number of benzene rings is 4. The molecule has 4 aromatic rings. The summed E-state index contributed by atoms with van der Waals surface area (Å²) in [6.07, 6.45) is 3.97. The Kier molecular flexibility index (Phi) is 8.22. The van der Waals surface area contributed by atoms with Crippen molar-refractivity contribution in [3.63, 3.8) is 0 Å². The highest BCUT2D eigenvalue weighted by Crippen LogP contribution is 2.55. The van der Waals surface area contributed by atoms with E-state index in [0.29, 0.717) is 6.61 Å². The predicted molar refractivity (Wildman–Crippen MR) is 168 cm³/mol. The minimum Gasteiger partial charge on any atom is -0.493 e. The summed E-state index contributed by atoms with van der Waals surface area (Å²) in [5.74, 6) is 0.0703. The number of carboxylic acid groups (broad SMARTS) is 1. The number of nitrogens with zero attached hydrogens (tertiary/aromatic N) is 1. The molecule has 4 aromatic carbocycles. The van der Waals surface area contributed by atoms with Crippen molar-refractivity contribution in [3.8, 4) is 28.0 Å². The number of aliphatic carboxylic acids is 1. The van der Waals surface area contributed by atoms with Crippen LogP contribution in [0.1, 0.15) is 52.8 Å². The zero-order valence-electron chi connectivity index (χ0n) is 24.0. The van der Waals surface area contributed by atoms with Gasteiger partial charge in [0, 0.05) is 17.4 Å². The van der Waals surface area contributed by atoms with Gasteiger partial charge in [0.2, 0.25) is 0 Å². The highest BCUT2D eigenvalue weighted by atomic mass is 32.2. The van der Waals surface area contributed by atoms with Gasteiger partial charge in [-0.1, -0.05) is 84.2 Å². The second-order valence-electron chi connectivity index (χ2n) is 10.6. The zero-order valence-corrected chi connectivity index (χ0v) is 24.8. The van der Waals surface area contributed by atoms with E-state index in [9.17, 15) is 9.90 Å². The van der Waals surface area contributed by atoms with E-state index in [2.05, 4.69) is 105 Å². The summed E-state index contributed by atoms with van der Waals surface area (Å²) in [5.41, 5.74) is 12.1. The number of carboxylic acids is 1. The largest absolute Gasteiger partial charge is 0.493 e. The molecular formula is C35H37NO3S. The Hall–Kier alpha value is -3.70. The van der Waals surface area contributed by atoms with Crippen LogP contribution in [-0.2, 0) is 17.6 Å². The van der Waals surface area contributed by atoms with E-state index in [1.165, 1.54) is 16.7 Å². The van der Waals surface area contributed by atoms with E-state index in [-0.39, 0.29) is 12.5 Å². The third-order valence-corrected chi connectivity index (χ3v) is 8.89. The third-order valence-electron chi connectivity index (χ3n) is 8.00. The van der Waals surface area contributed by atoms with Gasteiger partial charge in [-0.2, -0.15) is 0 Å². The van der Waals surface area contributed by atoms with Crippen molar-refractivity contribution in [2.75, 3.05) is 17.2 Å². The molecule has 0 unspecified atom stereocenters. The molecule has 0 spiro atoms. The number of ether oxygens (including phenoxy) is 1. The van der Waals surface area contributed by atoms with E-state index in [4.69, 9.17) is 4.74 Å².